The molecule has 0 aromatic rings. The van der Waals surface area contributed by atoms with Crippen LogP contribution >= 0.6 is 0 Å². The highest BCUT2D eigenvalue weighted by Gasteiger charge is 2.15. The number of hydrogen-bond donors (Lipinski definition) is 2. The second-order valence-corrected chi connectivity index (χ2v) is 5.25. The molecule has 98 valence electrons. The summed E-state index contributed by atoms with van der Waals surface area (Å²) in [6.07, 6.45) is 7.03. The van der Waals surface area contributed by atoms with Crippen molar-refractivity contribution in [1.29, 1.82) is 0 Å². The highest BCUT2D eigenvalue weighted by molar-refractivity contribution is 5.76. The fourth-order valence-electron chi connectivity index (χ4n) is 2.69. The second-order valence-electron chi connectivity index (χ2n) is 5.25. The predicted octanol–water partition coefficient (Wildman–Crippen LogP) is 0.731. The molecule has 1 atom stereocenters. The third-order valence-electron chi connectivity index (χ3n) is 3.81. The largest absolute Gasteiger partial charge is 0.354 e. The smallest absolute Gasteiger partial charge is 0.221 e. The lowest BCUT2D eigenvalue weighted by Crippen LogP contribution is -2.43. The van der Waals surface area contributed by atoms with Gasteiger partial charge in [-0.2, -0.15) is 0 Å². The first-order chi connectivity index (χ1) is 8.34. The first-order valence-corrected chi connectivity index (χ1v) is 7.07. The van der Waals surface area contributed by atoms with Crippen molar-refractivity contribution in [3.8, 4) is 0 Å². The minimum absolute atomic E-state index is 0.212. The van der Waals surface area contributed by atoms with Crippen LogP contribution in [-0.4, -0.2) is 49.6 Å². The maximum atomic E-state index is 11.7. The van der Waals surface area contributed by atoms with Gasteiger partial charge in [-0.3, -0.25) is 4.79 Å². The Kier molecular flexibility index (Phi) is 5.26. The molecule has 2 heterocycles. The fraction of sp³-hybridized carbons (Fsp3) is 0.923. The maximum absolute atomic E-state index is 11.7. The van der Waals surface area contributed by atoms with Crippen molar-refractivity contribution in [2.75, 3.05) is 32.7 Å². The van der Waals surface area contributed by atoms with Crippen molar-refractivity contribution in [2.24, 2.45) is 0 Å². The van der Waals surface area contributed by atoms with E-state index in [1.807, 2.05) is 0 Å². The van der Waals surface area contributed by atoms with Gasteiger partial charge in [0.05, 0.1) is 0 Å². The van der Waals surface area contributed by atoms with E-state index in [0.29, 0.717) is 12.5 Å². The van der Waals surface area contributed by atoms with Gasteiger partial charge >= 0.3 is 0 Å². The molecule has 2 rings (SSSR count). The van der Waals surface area contributed by atoms with Crippen LogP contribution in [0, 0.1) is 0 Å². The number of hydrogen-bond acceptors (Lipinski definition) is 3. The van der Waals surface area contributed by atoms with E-state index < -0.39 is 0 Å². The minimum atomic E-state index is 0.212. The lowest BCUT2D eigenvalue weighted by Gasteiger charge is -2.23. The van der Waals surface area contributed by atoms with E-state index in [0.717, 1.165) is 19.6 Å². The van der Waals surface area contributed by atoms with Crippen molar-refractivity contribution < 1.29 is 4.79 Å². The quantitative estimate of drug-likeness (QED) is 0.743. The molecule has 4 nitrogen and oxygen atoms in total. The standard InChI is InChI=1S/C13H25N3O/c17-13(6-10-16-8-3-4-9-16)15-11-12-5-1-2-7-14-12/h12,14H,1-11H2,(H,15,17). The molecule has 2 aliphatic heterocycles. The van der Waals surface area contributed by atoms with E-state index >= 15 is 0 Å². The van der Waals surface area contributed by atoms with Gasteiger partial charge in [0.15, 0.2) is 0 Å². The Balaban J connectivity index is 1.53. The topological polar surface area (TPSA) is 44.4 Å². The van der Waals surface area contributed by atoms with Gasteiger partial charge in [-0.1, -0.05) is 6.42 Å². The van der Waals surface area contributed by atoms with Gasteiger partial charge < -0.3 is 15.5 Å². The molecule has 4 heteroatoms. The van der Waals surface area contributed by atoms with Gasteiger partial charge in [-0.15, -0.1) is 0 Å². The molecule has 0 aliphatic carbocycles. The van der Waals surface area contributed by atoms with Crippen LogP contribution in [0.1, 0.15) is 38.5 Å². The molecule has 2 saturated heterocycles. The number of amides is 1. The summed E-state index contributed by atoms with van der Waals surface area (Å²) in [5.41, 5.74) is 0. The Morgan fingerprint density at radius 1 is 1.24 bits per heavy atom. The van der Waals surface area contributed by atoms with Crippen LogP contribution in [0.15, 0.2) is 0 Å². The summed E-state index contributed by atoms with van der Waals surface area (Å²) in [6, 6.07) is 0.500. The summed E-state index contributed by atoms with van der Waals surface area (Å²) in [7, 11) is 0. The molecular formula is C13H25N3O. The normalized spacial score (nSPS) is 26.0. The summed E-state index contributed by atoms with van der Waals surface area (Å²) >= 11 is 0. The van der Waals surface area contributed by atoms with E-state index in [9.17, 15) is 4.79 Å². The third-order valence-corrected chi connectivity index (χ3v) is 3.81. The first-order valence-electron chi connectivity index (χ1n) is 7.07. The zero-order valence-corrected chi connectivity index (χ0v) is 10.7. The van der Waals surface area contributed by atoms with Crippen molar-refractivity contribution in [2.45, 2.75) is 44.6 Å². The number of carbonyl (C=O) groups excluding carboxylic acids is 1. The number of carbonyl (C=O) groups is 1. The van der Waals surface area contributed by atoms with E-state index in [-0.39, 0.29) is 5.91 Å². The molecule has 0 aromatic carbocycles. The molecule has 2 N–H and O–H groups in total. The van der Waals surface area contributed by atoms with Gasteiger partial charge in [0, 0.05) is 25.6 Å². The Labute approximate surface area is 104 Å². The molecule has 0 aromatic heterocycles. The summed E-state index contributed by atoms with van der Waals surface area (Å²) in [6.45, 7) is 5.20. The maximum Gasteiger partial charge on any atom is 0.221 e. The Morgan fingerprint density at radius 3 is 2.76 bits per heavy atom. The summed E-state index contributed by atoms with van der Waals surface area (Å²) < 4.78 is 0. The van der Waals surface area contributed by atoms with E-state index in [2.05, 4.69) is 15.5 Å². The molecule has 0 spiro atoms. The summed E-state index contributed by atoms with van der Waals surface area (Å²) in [4.78, 5) is 14.1. The Hall–Kier alpha value is -0.610. The lowest BCUT2D eigenvalue weighted by molar-refractivity contribution is -0.121. The van der Waals surface area contributed by atoms with Crippen LogP contribution < -0.4 is 10.6 Å². The number of rotatable bonds is 5. The van der Waals surface area contributed by atoms with Crippen LogP contribution in [0.2, 0.25) is 0 Å². The summed E-state index contributed by atoms with van der Waals surface area (Å²) in [5, 5.41) is 6.49. The number of likely N-dealkylation sites (tertiary alicyclic amines) is 1. The van der Waals surface area contributed by atoms with Crippen LogP contribution in [0.4, 0.5) is 0 Å². The SMILES string of the molecule is O=C(CCN1CCCC1)NCC1CCCCN1. The van der Waals surface area contributed by atoms with Crippen LogP contribution in [-0.2, 0) is 4.79 Å². The molecule has 1 amide bonds. The van der Waals surface area contributed by atoms with Gasteiger partial charge in [-0.05, 0) is 45.3 Å². The van der Waals surface area contributed by atoms with Crippen LogP contribution in [0.5, 0.6) is 0 Å². The summed E-state index contributed by atoms with van der Waals surface area (Å²) in [5.74, 6) is 0.212. The predicted molar refractivity (Wildman–Crippen MR) is 68.9 cm³/mol. The number of nitrogens with zero attached hydrogens (tertiary/aromatic N) is 1. The van der Waals surface area contributed by atoms with Gasteiger partial charge in [0.25, 0.3) is 0 Å². The number of piperidine rings is 1. The average molecular weight is 239 g/mol. The molecule has 2 fully saturated rings. The molecule has 1 unspecified atom stereocenters. The van der Waals surface area contributed by atoms with E-state index in [1.165, 1.54) is 45.2 Å². The average Bonchev–Trinajstić information content (AvgIpc) is 2.88. The second kappa shape index (κ2) is 6.97. The van der Waals surface area contributed by atoms with Gasteiger partial charge in [0.1, 0.15) is 0 Å². The van der Waals surface area contributed by atoms with Gasteiger partial charge in [-0.25, -0.2) is 0 Å². The van der Waals surface area contributed by atoms with Crippen molar-refractivity contribution in [3.63, 3.8) is 0 Å². The molecule has 0 saturated carbocycles. The highest BCUT2D eigenvalue weighted by Crippen LogP contribution is 2.08. The van der Waals surface area contributed by atoms with E-state index in [1.54, 1.807) is 0 Å². The molecule has 2 aliphatic rings. The first kappa shape index (κ1) is 12.8. The molecule has 0 radical (unpaired) electrons. The van der Waals surface area contributed by atoms with Crippen molar-refractivity contribution in [1.82, 2.24) is 15.5 Å². The van der Waals surface area contributed by atoms with E-state index in [4.69, 9.17) is 0 Å². The molecular weight excluding hydrogens is 214 g/mol. The van der Waals surface area contributed by atoms with Gasteiger partial charge in [0.2, 0.25) is 5.91 Å². The fourth-order valence-corrected chi connectivity index (χ4v) is 2.69. The lowest BCUT2D eigenvalue weighted by atomic mass is 10.1. The Bertz CT molecular complexity index is 233. The monoisotopic (exact) mass is 239 g/mol. The molecule has 17 heavy (non-hydrogen) atoms. The van der Waals surface area contributed by atoms with Crippen LogP contribution in [0.25, 0.3) is 0 Å². The zero-order valence-electron chi connectivity index (χ0n) is 10.7. The van der Waals surface area contributed by atoms with Crippen molar-refractivity contribution in [3.05, 3.63) is 0 Å². The highest BCUT2D eigenvalue weighted by atomic mass is 16.1. The third kappa shape index (κ3) is 4.64. The Morgan fingerprint density at radius 2 is 2.06 bits per heavy atom. The van der Waals surface area contributed by atoms with Crippen molar-refractivity contribution >= 4 is 5.91 Å². The number of nitrogens with one attached hydrogen (secondary N) is 2. The van der Waals surface area contributed by atoms with Crippen LogP contribution in [0.3, 0.4) is 0 Å². The zero-order chi connectivity index (χ0) is 11.9. The minimum Gasteiger partial charge on any atom is -0.354 e. The molecule has 0 bridgehead atoms.